The van der Waals surface area contributed by atoms with Crippen LogP contribution < -0.4 is 25.4 Å². The number of fused-ring (bicyclic) bond motifs is 1. The van der Waals surface area contributed by atoms with E-state index in [2.05, 4.69) is 36.2 Å². The van der Waals surface area contributed by atoms with Gasteiger partial charge in [0.25, 0.3) is 5.91 Å². The number of rotatable bonds is 8. The fourth-order valence-corrected chi connectivity index (χ4v) is 3.81. The molecule has 4 N–H and O–H groups in total. The molecule has 0 atom stereocenters. The van der Waals surface area contributed by atoms with Crippen LogP contribution in [-0.2, 0) is 11.8 Å². The third-order valence-corrected chi connectivity index (χ3v) is 5.90. The summed E-state index contributed by atoms with van der Waals surface area (Å²) in [5, 5.41) is 22.0. The Kier molecular flexibility index (Phi) is 5.95. The van der Waals surface area contributed by atoms with Gasteiger partial charge >= 0.3 is 0 Å². The molecule has 1 fully saturated rings. The maximum atomic E-state index is 12.0. The highest BCUT2D eigenvalue weighted by molar-refractivity contribution is 6.38. The van der Waals surface area contributed by atoms with Crippen molar-refractivity contribution in [1.82, 2.24) is 35.6 Å². The van der Waals surface area contributed by atoms with Gasteiger partial charge in [0.05, 0.1) is 35.6 Å². The normalized spacial score (nSPS) is 13.5. The predicted octanol–water partition coefficient (Wildman–Crippen LogP) is 2.23. The van der Waals surface area contributed by atoms with E-state index in [4.69, 9.17) is 21.1 Å². The van der Waals surface area contributed by atoms with E-state index in [-0.39, 0.29) is 18.6 Å². The first-order valence-electron chi connectivity index (χ1n) is 10.6. The Bertz CT molecular complexity index is 1350. The van der Waals surface area contributed by atoms with Gasteiger partial charge in [-0.15, -0.1) is 5.10 Å². The average Bonchev–Trinajstić information content (AvgIpc) is 3.44. The van der Waals surface area contributed by atoms with Gasteiger partial charge < -0.3 is 25.4 Å². The SMILES string of the molecule is COc1cc(-c2nc(Nc3ccc4[nH]ncc4c3Cl)n(C)n2)ccc1OCC(=O)NC1CNC1. The number of anilines is 2. The Morgan fingerprint density at radius 2 is 2.12 bits per heavy atom. The number of amides is 1. The molecule has 34 heavy (non-hydrogen) atoms. The molecule has 1 aliphatic heterocycles. The van der Waals surface area contributed by atoms with E-state index in [1.165, 1.54) is 0 Å². The number of nitrogens with zero attached hydrogens (tertiary/aromatic N) is 4. The van der Waals surface area contributed by atoms with Crippen molar-refractivity contribution < 1.29 is 14.3 Å². The number of H-pyrrole nitrogens is 1. The van der Waals surface area contributed by atoms with Gasteiger partial charge in [0.1, 0.15) is 0 Å². The van der Waals surface area contributed by atoms with Crippen LogP contribution >= 0.6 is 11.6 Å². The number of methoxy groups -OCH3 is 1. The highest BCUT2D eigenvalue weighted by Gasteiger charge is 2.20. The van der Waals surface area contributed by atoms with E-state index >= 15 is 0 Å². The Morgan fingerprint density at radius 1 is 1.26 bits per heavy atom. The zero-order chi connectivity index (χ0) is 23.7. The molecule has 0 bridgehead atoms. The molecule has 4 aromatic rings. The maximum absolute atomic E-state index is 12.0. The molecule has 12 heteroatoms. The van der Waals surface area contributed by atoms with E-state index < -0.39 is 0 Å². The van der Waals surface area contributed by atoms with Crippen LogP contribution in [0.5, 0.6) is 11.5 Å². The van der Waals surface area contributed by atoms with Crippen molar-refractivity contribution in [3.05, 3.63) is 41.6 Å². The first-order chi connectivity index (χ1) is 16.5. The monoisotopic (exact) mass is 482 g/mol. The first-order valence-corrected chi connectivity index (χ1v) is 11.0. The topological polar surface area (TPSA) is 131 Å². The quantitative estimate of drug-likeness (QED) is 0.301. The van der Waals surface area contributed by atoms with Crippen LogP contribution in [0.15, 0.2) is 36.5 Å². The number of hydrogen-bond acceptors (Lipinski definition) is 8. The number of hydrogen-bond donors (Lipinski definition) is 4. The van der Waals surface area contributed by atoms with Crippen LogP contribution in [0.1, 0.15) is 0 Å². The van der Waals surface area contributed by atoms with Gasteiger partial charge in [0, 0.05) is 31.1 Å². The molecule has 0 aliphatic carbocycles. The summed E-state index contributed by atoms with van der Waals surface area (Å²) < 4.78 is 12.8. The molecule has 0 spiro atoms. The van der Waals surface area contributed by atoms with Crippen molar-refractivity contribution in [2.24, 2.45) is 7.05 Å². The summed E-state index contributed by atoms with van der Waals surface area (Å²) in [6, 6.07) is 9.22. The van der Waals surface area contributed by atoms with Gasteiger partial charge in [-0.05, 0) is 30.3 Å². The molecule has 3 heterocycles. The van der Waals surface area contributed by atoms with Crippen molar-refractivity contribution >= 4 is 40.0 Å². The van der Waals surface area contributed by atoms with Crippen molar-refractivity contribution in [3.63, 3.8) is 0 Å². The summed E-state index contributed by atoms with van der Waals surface area (Å²) in [6.07, 6.45) is 1.68. The van der Waals surface area contributed by atoms with Crippen LogP contribution in [0.4, 0.5) is 11.6 Å². The summed E-state index contributed by atoms with van der Waals surface area (Å²) in [6.45, 7) is 1.47. The molecule has 176 valence electrons. The van der Waals surface area contributed by atoms with Gasteiger partial charge in [-0.25, -0.2) is 4.68 Å². The number of aryl methyl sites for hydroxylation is 1. The lowest BCUT2D eigenvalue weighted by atomic mass is 10.2. The second-order valence-corrected chi connectivity index (χ2v) is 8.22. The third-order valence-electron chi connectivity index (χ3n) is 5.50. The van der Waals surface area contributed by atoms with Crippen LogP contribution in [-0.4, -0.2) is 63.7 Å². The number of nitrogens with one attached hydrogen (secondary N) is 4. The van der Waals surface area contributed by atoms with Gasteiger partial charge in [-0.3, -0.25) is 9.89 Å². The fraction of sp³-hybridized carbons (Fsp3) is 0.273. The molecule has 0 radical (unpaired) electrons. The lowest BCUT2D eigenvalue weighted by Crippen LogP contribution is -2.57. The van der Waals surface area contributed by atoms with E-state index in [9.17, 15) is 4.79 Å². The summed E-state index contributed by atoms with van der Waals surface area (Å²) in [5.41, 5.74) is 2.27. The minimum atomic E-state index is -0.174. The van der Waals surface area contributed by atoms with Crippen LogP contribution in [0, 0.1) is 0 Å². The fourth-order valence-electron chi connectivity index (χ4n) is 3.54. The second-order valence-electron chi connectivity index (χ2n) is 7.84. The molecule has 2 aromatic carbocycles. The van der Waals surface area contributed by atoms with E-state index in [0.717, 1.165) is 29.6 Å². The van der Waals surface area contributed by atoms with E-state index in [1.807, 2.05) is 18.2 Å². The summed E-state index contributed by atoms with van der Waals surface area (Å²) >= 11 is 6.52. The second kappa shape index (κ2) is 9.20. The standard InChI is InChI=1S/C22H23ClN8O3/c1-31-22(27-16-5-4-15-14(20(16)23)10-25-29-15)28-21(30-31)12-3-6-17(18(7-12)33-2)34-11-19(32)26-13-8-24-9-13/h3-7,10,13,24H,8-9,11H2,1-2H3,(H,25,29)(H,26,32)(H,27,28,30). The number of carbonyl (C=O) groups excluding carboxylic acids is 1. The highest BCUT2D eigenvalue weighted by atomic mass is 35.5. The Balaban J connectivity index is 1.32. The molecule has 11 nitrogen and oxygen atoms in total. The number of aromatic nitrogens is 5. The number of aromatic amines is 1. The zero-order valence-electron chi connectivity index (χ0n) is 18.6. The molecular formula is C22H23ClN8O3. The molecule has 5 rings (SSSR count). The van der Waals surface area contributed by atoms with Crippen molar-refractivity contribution in [2.75, 3.05) is 32.1 Å². The highest BCUT2D eigenvalue weighted by Crippen LogP contribution is 2.34. The first kappa shape index (κ1) is 22.0. The predicted molar refractivity (Wildman–Crippen MR) is 128 cm³/mol. The molecule has 2 aromatic heterocycles. The Hall–Kier alpha value is -3.83. The molecule has 1 amide bonds. The van der Waals surface area contributed by atoms with E-state index in [1.54, 1.807) is 37.2 Å². The number of ether oxygens (including phenoxy) is 2. The molecule has 0 saturated carbocycles. The summed E-state index contributed by atoms with van der Waals surface area (Å²) in [5.74, 6) is 1.77. The van der Waals surface area contributed by atoms with Gasteiger partial charge in [0.2, 0.25) is 5.95 Å². The third kappa shape index (κ3) is 4.35. The van der Waals surface area contributed by atoms with Crippen LogP contribution in [0.2, 0.25) is 5.02 Å². The van der Waals surface area contributed by atoms with Gasteiger partial charge in [-0.2, -0.15) is 10.1 Å². The minimum absolute atomic E-state index is 0.0934. The number of halogens is 1. The molecule has 1 aliphatic rings. The van der Waals surface area contributed by atoms with Crippen LogP contribution in [0.3, 0.4) is 0 Å². The lowest BCUT2D eigenvalue weighted by molar-refractivity contribution is -0.124. The van der Waals surface area contributed by atoms with Gasteiger partial charge in [0.15, 0.2) is 23.9 Å². The molecular weight excluding hydrogens is 460 g/mol. The van der Waals surface area contributed by atoms with Crippen molar-refractivity contribution in [3.8, 4) is 22.9 Å². The Morgan fingerprint density at radius 3 is 2.88 bits per heavy atom. The summed E-state index contributed by atoms with van der Waals surface area (Å²) in [4.78, 5) is 16.6. The molecule has 0 unspecified atom stereocenters. The zero-order valence-corrected chi connectivity index (χ0v) is 19.3. The summed E-state index contributed by atoms with van der Waals surface area (Å²) in [7, 11) is 3.33. The smallest absolute Gasteiger partial charge is 0.258 e. The maximum Gasteiger partial charge on any atom is 0.258 e. The Labute approximate surface area is 199 Å². The lowest BCUT2D eigenvalue weighted by Gasteiger charge is -2.27. The van der Waals surface area contributed by atoms with Crippen LogP contribution in [0.25, 0.3) is 22.3 Å². The van der Waals surface area contributed by atoms with Crippen molar-refractivity contribution in [2.45, 2.75) is 6.04 Å². The van der Waals surface area contributed by atoms with Gasteiger partial charge in [-0.1, -0.05) is 11.6 Å². The van der Waals surface area contributed by atoms with Crippen molar-refractivity contribution in [1.29, 1.82) is 0 Å². The number of carbonyl (C=O) groups is 1. The largest absolute Gasteiger partial charge is 0.493 e. The number of benzene rings is 2. The molecule has 1 saturated heterocycles. The average molecular weight is 483 g/mol. The minimum Gasteiger partial charge on any atom is -0.493 e. The van der Waals surface area contributed by atoms with E-state index in [0.29, 0.717) is 34.0 Å².